The molecular formula is C105H185N2O18P. The van der Waals surface area contributed by atoms with Gasteiger partial charge in [0.1, 0.15) is 48.1 Å². The number of esters is 4. The number of phosphoric ester groups is 1. The molecule has 20 nitrogen and oxygen atoms in total. The van der Waals surface area contributed by atoms with Crippen LogP contribution in [0.3, 0.4) is 0 Å². The van der Waals surface area contributed by atoms with Crippen molar-refractivity contribution in [3.05, 3.63) is 60.7 Å². The molecule has 0 aromatic heterocycles. The lowest BCUT2D eigenvalue weighted by Crippen LogP contribution is -2.66. The molecule has 1 aliphatic rings. The van der Waals surface area contributed by atoms with Crippen LogP contribution < -0.4 is 19.7 Å². The molecule has 1 fully saturated rings. The maximum absolute atomic E-state index is 15.9. The van der Waals surface area contributed by atoms with Gasteiger partial charge in [-0.2, -0.15) is 0 Å². The molecule has 2 aromatic rings. The lowest BCUT2D eigenvalue weighted by molar-refractivity contribution is -0.272. The van der Waals surface area contributed by atoms with Crippen LogP contribution in [0.15, 0.2) is 60.7 Å². The van der Waals surface area contributed by atoms with Gasteiger partial charge in [0, 0.05) is 19.3 Å². The zero-order chi connectivity index (χ0) is 91.1. The van der Waals surface area contributed by atoms with Crippen LogP contribution in [0.4, 0.5) is 0 Å². The van der Waals surface area contributed by atoms with Gasteiger partial charge in [-0.15, -0.1) is 0 Å². The van der Waals surface area contributed by atoms with Gasteiger partial charge < -0.3 is 58.3 Å². The molecule has 21 heteroatoms. The van der Waals surface area contributed by atoms with Gasteiger partial charge in [0.25, 0.3) is 0 Å². The average Bonchev–Trinajstić information content (AvgIpc) is 0.771. The third-order valence-corrected chi connectivity index (χ3v) is 26.0. The first-order valence-corrected chi connectivity index (χ1v) is 53.7. The van der Waals surface area contributed by atoms with Crippen molar-refractivity contribution in [2.24, 2.45) is 0 Å². The molecule has 3 rings (SSSR count). The number of benzene rings is 2. The summed E-state index contributed by atoms with van der Waals surface area (Å²) in [6.45, 7) is 11.3. The highest BCUT2D eigenvalue weighted by Crippen LogP contribution is 2.53. The topological polar surface area (TPSA) is 267 Å². The highest BCUT2D eigenvalue weighted by molar-refractivity contribution is 7.49. The number of unbranched alkanes of at least 4 members (excludes halogenated alkanes) is 54. The van der Waals surface area contributed by atoms with E-state index in [1.165, 1.54) is 180 Å². The molecule has 1 heterocycles. The number of phosphoric acid groups is 1. The number of aliphatic hydroxyl groups is 2. The highest BCUT2D eigenvalue weighted by Gasteiger charge is 2.54. The van der Waals surface area contributed by atoms with Crippen molar-refractivity contribution >= 4 is 43.5 Å². The van der Waals surface area contributed by atoms with E-state index >= 15 is 14.2 Å². The van der Waals surface area contributed by atoms with Crippen molar-refractivity contribution < 1.29 is 85.5 Å². The molecular weight excluding hydrogens is 1610 g/mol. The van der Waals surface area contributed by atoms with E-state index in [1.54, 1.807) is 60.7 Å². The van der Waals surface area contributed by atoms with Gasteiger partial charge in [0.05, 0.1) is 45.1 Å². The summed E-state index contributed by atoms with van der Waals surface area (Å²) in [7, 11) is -5.02. The minimum Gasteiger partial charge on any atom is -0.462 e. The third kappa shape index (κ3) is 62.3. The van der Waals surface area contributed by atoms with Crippen LogP contribution in [0.25, 0.3) is 0 Å². The van der Waals surface area contributed by atoms with Crippen molar-refractivity contribution in [3.8, 4) is 11.5 Å². The van der Waals surface area contributed by atoms with Crippen LogP contribution >= 0.6 is 7.82 Å². The molecule has 126 heavy (non-hydrogen) atoms. The fourth-order valence-corrected chi connectivity index (χ4v) is 18.4. The van der Waals surface area contributed by atoms with E-state index in [0.29, 0.717) is 51.4 Å². The summed E-state index contributed by atoms with van der Waals surface area (Å²) in [5.74, 6) is -3.14. The SMILES string of the molecule is CCCCCCCCCCCCCC(=O)O[C@H](CCCCCCCCCCC)CC(=O)N[C@H](CO)CO[C@@H]1O[C@H](CO)[C@@H](OP(=O)(Oc2ccccc2)Oc2ccccc2)[C@H](OC(=O)C[C@@H](CCCCCCCCCCC)OC(=O)CCCCCCCCCCCCC)[C@H]1NC(=O)C[C@@H](CCCCCCCCCCC)OC(=O)CCCCCCCCCCCCC. The molecule has 0 bridgehead atoms. The first-order valence-electron chi connectivity index (χ1n) is 52.3. The number of carbonyl (C=O) groups is 6. The first-order chi connectivity index (χ1) is 61.6. The molecule has 1 saturated heterocycles. The van der Waals surface area contributed by atoms with E-state index in [4.69, 9.17) is 42.0 Å². The standard InChI is InChI=1S/C105H185N2O18P/c1-7-13-19-25-31-37-40-46-52-58-70-80-98(112)118-92(77-63-55-49-43-34-28-22-16-10-4)83-96(110)106-89(86-108)88-117-105-102(107-97(111)84-93(78-64-56-50-44-35-29-23-17-11-5)119-99(113)81-71-59-53-47-41-38-32-26-20-14-8-2)104(103(95(87-109)121-105)125-126(116,123-90-73-66-61-67-74-90)124-91-75-68-62-69-76-91)122-101(115)85-94(79-65-57-51-45-36-30-24-18-12-6)120-100(114)82-72-60-54-48-42-39-33-27-21-15-9-3/h61-62,66-69,73-76,89,92-95,102-105,108-109H,7-60,63-65,70-72,77-88H2,1-6H3,(H,106,110)(H,107,111)/t89-,92-,93-,94-,95-,102-,103-,104-,105-/m1/s1. The van der Waals surface area contributed by atoms with Crippen molar-refractivity contribution in [2.45, 2.75) is 540 Å². The van der Waals surface area contributed by atoms with Gasteiger partial charge in [-0.3, -0.25) is 33.3 Å². The molecule has 1 aliphatic heterocycles. The Morgan fingerprint density at radius 2 is 0.643 bits per heavy atom. The van der Waals surface area contributed by atoms with E-state index in [9.17, 15) is 29.4 Å². The van der Waals surface area contributed by atoms with Gasteiger partial charge in [0.2, 0.25) is 11.8 Å². The van der Waals surface area contributed by atoms with E-state index in [2.05, 4.69) is 52.2 Å². The Morgan fingerprint density at radius 3 is 0.944 bits per heavy atom. The molecule has 0 radical (unpaired) electrons. The lowest BCUT2D eigenvalue weighted by atomic mass is 9.95. The number of para-hydroxylation sites is 2. The average molecular weight is 1790 g/mol. The number of hydrogen-bond donors (Lipinski definition) is 4. The second kappa shape index (κ2) is 80.7. The van der Waals surface area contributed by atoms with E-state index in [-0.39, 0.29) is 49.6 Å². The van der Waals surface area contributed by atoms with Crippen LogP contribution in [0.1, 0.15) is 485 Å². The van der Waals surface area contributed by atoms with Crippen molar-refractivity contribution in [3.63, 3.8) is 0 Å². The molecule has 0 saturated carbocycles. The van der Waals surface area contributed by atoms with Gasteiger partial charge >= 0.3 is 31.7 Å². The monoisotopic (exact) mass is 1790 g/mol. The predicted octanol–water partition coefficient (Wildman–Crippen LogP) is 28.0. The van der Waals surface area contributed by atoms with Crippen LogP contribution in [0.5, 0.6) is 11.5 Å². The summed E-state index contributed by atoms with van der Waals surface area (Å²) >= 11 is 0. The zero-order valence-corrected chi connectivity index (χ0v) is 81.6. The Kier molecular flexibility index (Phi) is 73.7. The van der Waals surface area contributed by atoms with Crippen LogP contribution in [-0.2, 0) is 66.3 Å². The molecule has 0 aliphatic carbocycles. The Labute approximate surface area is 767 Å². The Hall–Kier alpha value is -5.11. The molecule has 4 N–H and O–H groups in total. The number of hydrogen-bond acceptors (Lipinski definition) is 18. The number of nitrogens with one attached hydrogen (secondary N) is 2. The third-order valence-electron chi connectivity index (χ3n) is 24.6. The fourth-order valence-electron chi connectivity index (χ4n) is 16.9. The minimum atomic E-state index is -5.02. The molecule has 9 atom stereocenters. The van der Waals surface area contributed by atoms with E-state index in [1.807, 2.05) is 0 Å². The van der Waals surface area contributed by atoms with Crippen molar-refractivity contribution in [1.82, 2.24) is 10.6 Å². The van der Waals surface area contributed by atoms with Gasteiger partial charge in [-0.05, 0) is 82.1 Å². The maximum atomic E-state index is 15.9. The van der Waals surface area contributed by atoms with Crippen molar-refractivity contribution in [2.75, 3.05) is 19.8 Å². The lowest BCUT2D eigenvalue weighted by Gasteiger charge is -2.45. The summed E-state index contributed by atoms with van der Waals surface area (Å²) in [6, 6.07) is 13.6. The number of rotatable bonds is 89. The summed E-state index contributed by atoms with van der Waals surface area (Å²) in [6.07, 6.45) is 56.9. The number of carbonyl (C=O) groups excluding carboxylic acids is 6. The van der Waals surface area contributed by atoms with Gasteiger partial charge in [0.15, 0.2) is 12.4 Å². The molecule has 0 spiro atoms. The number of aliphatic hydroxyl groups excluding tert-OH is 2. The van der Waals surface area contributed by atoms with Gasteiger partial charge in [-0.1, -0.05) is 425 Å². The highest BCUT2D eigenvalue weighted by atomic mass is 31.2. The summed E-state index contributed by atoms with van der Waals surface area (Å²) in [5, 5.41) is 28.9. The quantitative estimate of drug-likeness (QED) is 0.0207. The van der Waals surface area contributed by atoms with E-state index < -0.39 is 119 Å². The second-order valence-electron chi connectivity index (χ2n) is 36.5. The fraction of sp³-hybridized carbons (Fsp3) is 0.829. The molecule has 728 valence electrons. The van der Waals surface area contributed by atoms with Crippen LogP contribution in [0.2, 0.25) is 0 Å². The molecule has 2 aromatic carbocycles. The maximum Gasteiger partial charge on any atom is 0.588 e. The summed E-state index contributed by atoms with van der Waals surface area (Å²) < 4.78 is 73.8. The van der Waals surface area contributed by atoms with Crippen molar-refractivity contribution in [1.29, 1.82) is 0 Å². The minimum absolute atomic E-state index is 0.0729. The first kappa shape index (κ1) is 115. The summed E-state index contributed by atoms with van der Waals surface area (Å²) in [5.41, 5.74) is 0. The number of ether oxygens (including phenoxy) is 6. The van der Waals surface area contributed by atoms with Crippen LogP contribution in [-0.4, -0.2) is 121 Å². The molecule has 0 unspecified atom stereocenters. The van der Waals surface area contributed by atoms with Gasteiger partial charge in [-0.25, -0.2) is 4.57 Å². The Morgan fingerprint density at radius 1 is 0.357 bits per heavy atom. The number of amides is 2. The predicted molar refractivity (Wildman–Crippen MR) is 511 cm³/mol. The normalized spacial score (nSPS) is 16.2. The van der Waals surface area contributed by atoms with E-state index in [0.717, 1.165) is 173 Å². The zero-order valence-electron chi connectivity index (χ0n) is 80.8. The Balaban J connectivity index is 2.18. The summed E-state index contributed by atoms with van der Waals surface area (Å²) in [4.78, 5) is 87.3. The Bertz CT molecular complexity index is 2900. The largest absolute Gasteiger partial charge is 0.588 e. The van der Waals surface area contributed by atoms with Crippen LogP contribution in [0, 0.1) is 0 Å². The smallest absolute Gasteiger partial charge is 0.462 e. The molecule has 2 amide bonds. The second-order valence-corrected chi connectivity index (χ2v) is 38.0.